The summed E-state index contributed by atoms with van der Waals surface area (Å²) in [6, 6.07) is 3.31. The molecule has 0 aromatic heterocycles. The van der Waals surface area contributed by atoms with Crippen LogP contribution in [-0.2, 0) is 11.2 Å². The molecule has 2 rings (SSSR count). The molecule has 16 heavy (non-hydrogen) atoms. The van der Waals surface area contributed by atoms with Gasteiger partial charge in [-0.15, -0.1) is 0 Å². The lowest BCUT2D eigenvalue weighted by Gasteiger charge is -2.19. The average molecular weight is 240 g/mol. The van der Waals surface area contributed by atoms with Gasteiger partial charge in [-0.25, -0.2) is 0 Å². The van der Waals surface area contributed by atoms with Crippen molar-refractivity contribution in [1.82, 2.24) is 0 Å². The van der Waals surface area contributed by atoms with Crippen LogP contribution in [0.5, 0.6) is 5.75 Å². The number of fused-ring (bicyclic) bond motifs is 1. The largest absolute Gasteiger partial charge is 0.506 e. The van der Waals surface area contributed by atoms with E-state index in [-0.39, 0.29) is 17.6 Å². The Balaban J connectivity index is 2.53. The highest BCUT2D eigenvalue weighted by atomic mass is 35.5. The molecule has 1 aromatic carbocycles. The van der Waals surface area contributed by atoms with Crippen molar-refractivity contribution in [3.63, 3.8) is 0 Å². The van der Waals surface area contributed by atoms with Crippen LogP contribution in [0, 0.1) is 5.92 Å². The molecule has 1 aromatic rings. The van der Waals surface area contributed by atoms with E-state index in [0.717, 1.165) is 24.1 Å². The first kappa shape index (κ1) is 11.3. The van der Waals surface area contributed by atoms with Gasteiger partial charge in [0.05, 0.1) is 10.7 Å². The summed E-state index contributed by atoms with van der Waals surface area (Å²) in [5.74, 6) is 0.119. The van der Waals surface area contributed by atoms with Crippen molar-refractivity contribution in [3.05, 3.63) is 22.7 Å². The number of phenols is 1. The van der Waals surface area contributed by atoms with E-state index in [1.165, 1.54) is 0 Å². The molecule has 1 N–H and O–H groups in total. The van der Waals surface area contributed by atoms with E-state index in [0.29, 0.717) is 5.02 Å². The summed E-state index contributed by atoms with van der Waals surface area (Å²) in [5, 5.41) is 9.91. The first-order valence-corrected chi connectivity index (χ1v) is 5.67. The van der Waals surface area contributed by atoms with Gasteiger partial charge in [-0.05, 0) is 24.5 Å². The summed E-state index contributed by atoms with van der Waals surface area (Å²) in [5.41, 5.74) is 1.78. The van der Waals surface area contributed by atoms with Crippen LogP contribution in [0.3, 0.4) is 0 Å². The predicted octanol–water partition coefficient (Wildman–Crippen LogP) is 2.59. The van der Waals surface area contributed by atoms with Crippen LogP contribution in [0.4, 0.5) is 5.69 Å². The fourth-order valence-corrected chi connectivity index (χ4v) is 2.24. The molecule has 0 bridgehead atoms. The summed E-state index contributed by atoms with van der Waals surface area (Å²) in [6.07, 6.45) is 1.63. The number of rotatable bonds is 0. The number of halogens is 1. The number of benzene rings is 1. The number of hydrogen-bond acceptors (Lipinski definition) is 2. The molecule has 0 radical (unpaired) electrons. The highest BCUT2D eigenvalue weighted by molar-refractivity contribution is 6.32. The van der Waals surface area contributed by atoms with Crippen molar-refractivity contribution in [1.29, 1.82) is 0 Å². The molecule has 0 saturated heterocycles. The second-order valence-electron chi connectivity index (χ2n) is 4.27. The smallest absolute Gasteiger partial charge is 0.229 e. The molecule has 1 aliphatic rings. The van der Waals surface area contributed by atoms with Gasteiger partial charge in [-0.2, -0.15) is 0 Å². The predicted molar refractivity (Wildman–Crippen MR) is 64.0 cm³/mol. The third kappa shape index (κ3) is 1.76. The first-order valence-electron chi connectivity index (χ1n) is 5.29. The molecular formula is C12H14ClNO2. The molecule has 0 spiro atoms. The molecule has 1 amide bonds. The highest BCUT2D eigenvalue weighted by Gasteiger charge is 2.25. The second kappa shape index (κ2) is 3.98. The number of carbonyl (C=O) groups is 1. The maximum absolute atomic E-state index is 11.9. The highest BCUT2D eigenvalue weighted by Crippen LogP contribution is 2.35. The number of aryl methyl sites for hydroxylation is 1. The first-order chi connectivity index (χ1) is 7.50. The van der Waals surface area contributed by atoms with Gasteiger partial charge >= 0.3 is 0 Å². The van der Waals surface area contributed by atoms with Crippen molar-refractivity contribution < 1.29 is 9.90 Å². The SMILES string of the molecule is CC1CCc2cc(Cl)c(O)cc2N(C)C1=O. The fraction of sp³-hybridized carbons (Fsp3) is 0.417. The Labute approximate surface area is 99.6 Å². The van der Waals surface area contributed by atoms with E-state index in [1.807, 2.05) is 6.92 Å². The lowest BCUT2D eigenvalue weighted by Crippen LogP contribution is -2.30. The number of anilines is 1. The molecule has 0 saturated carbocycles. The van der Waals surface area contributed by atoms with E-state index < -0.39 is 0 Å². The van der Waals surface area contributed by atoms with Crippen molar-refractivity contribution >= 4 is 23.2 Å². The molecule has 1 aliphatic heterocycles. The molecule has 1 heterocycles. The molecule has 1 atom stereocenters. The van der Waals surface area contributed by atoms with E-state index in [4.69, 9.17) is 11.6 Å². The van der Waals surface area contributed by atoms with E-state index in [2.05, 4.69) is 0 Å². The molecular weight excluding hydrogens is 226 g/mol. The normalized spacial score (nSPS) is 20.6. The topological polar surface area (TPSA) is 40.5 Å². The van der Waals surface area contributed by atoms with Gasteiger partial charge < -0.3 is 10.0 Å². The standard InChI is InChI=1S/C12H14ClNO2/c1-7-3-4-8-5-9(13)11(15)6-10(8)14(2)12(7)16/h5-7,15H,3-4H2,1-2H3. The molecule has 1 unspecified atom stereocenters. The van der Waals surface area contributed by atoms with E-state index in [1.54, 1.807) is 24.1 Å². The third-order valence-corrected chi connectivity index (χ3v) is 3.41. The number of phenolic OH excluding ortho intramolecular Hbond substituents is 1. The summed E-state index contributed by atoms with van der Waals surface area (Å²) < 4.78 is 0. The van der Waals surface area contributed by atoms with Gasteiger partial charge in [-0.1, -0.05) is 18.5 Å². The monoisotopic (exact) mass is 239 g/mol. The van der Waals surface area contributed by atoms with Crippen LogP contribution in [0.1, 0.15) is 18.9 Å². The van der Waals surface area contributed by atoms with Crippen molar-refractivity contribution in [3.8, 4) is 5.75 Å². The minimum Gasteiger partial charge on any atom is -0.506 e. The van der Waals surface area contributed by atoms with Crippen molar-refractivity contribution in [2.45, 2.75) is 19.8 Å². The number of amides is 1. The lowest BCUT2D eigenvalue weighted by atomic mass is 10.0. The van der Waals surface area contributed by atoms with Crippen LogP contribution < -0.4 is 4.90 Å². The van der Waals surface area contributed by atoms with E-state index >= 15 is 0 Å². The van der Waals surface area contributed by atoms with Gasteiger partial charge in [0.15, 0.2) is 0 Å². The molecule has 4 heteroatoms. The molecule has 86 valence electrons. The zero-order chi connectivity index (χ0) is 11.9. The average Bonchev–Trinajstić information content (AvgIpc) is 2.35. The van der Waals surface area contributed by atoms with Crippen molar-refractivity contribution in [2.75, 3.05) is 11.9 Å². The number of aromatic hydroxyl groups is 1. The minimum atomic E-state index is 0.0123. The second-order valence-corrected chi connectivity index (χ2v) is 4.68. The van der Waals surface area contributed by atoms with Crippen LogP contribution >= 0.6 is 11.6 Å². The number of carbonyl (C=O) groups excluding carboxylic acids is 1. The Morgan fingerprint density at radius 2 is 2.19 bits per heavy atom. The number of nitrogens with zero attached hydrogens (tertiary/aromatic N) is 1. The Hall–Kier alpha value is -1.22. The van der Waals surface area contributed by atoms with E-state index in [9.17, 15) is 9.90 Å². The minimum absolute atomic E-state index is 0.0123. The Kier molecular flexibility index (Phi) is 2.80. The van der Waals surface area contributed by atoms with Crippen LogP contribution in [0.25, 0.3) is 0 Å². The Bertz CT molecular complexity index is 445. The zero-order valence-corrected chi connectivity index (χ0v) is 10.1. The van der Waals surface area contributed by atoms with Crippen LogP contribution in [0.2, 0.25) is 5.02 Å². The molecule has 3 nitrogen and oxygen atoms in total. The Morgan fingerprint density at radius 1 is 1.50 bits per heavy atom. The maximum atomic E-state index is 11.9. The maximum Gasteiger partial charge on any atom is 0.229 e. The zero-order valence-electron chi connectivity index (χ0n) is 9.33. The van der Waals surface area contributed by atoms with Crippen molar-refractivity contribution in [2.24, 2.45) is 5.92 Å². The third-order valence-electron chi connectivity index (χ3n) is 3.11. The van der Waals surface area contributed by atoms with Gasteiger partial charge in [0.25, 0.3) is 0 Å². The van der Waals surface area contributed by atoms with Crippen LogP contribution in [-0.4, -0.2) is 18.1 Å². The number of hydrogen-bond donors (Lipinski definition) is 1. The Morgan fingerprint density at radius 3 is 2.88 bits per heavy atom. The lowest BCUT2D eigenvalue weighted by molar-refractivity contribution is -0.121. The van der Waals surface area contributed by atoms with Gasteiger partial charge in [-0.3, -0.25) is 4.79 Å². The van der Waals surface area contributed by atoms with Gasteiger partial charge in [0.2, 0.25) is 5.91 Å². The fourth-order valence-electron chi connectivity index (χ4n) is 2.05. The summed E-state index contributed by atoms with van der Waals surface area (Å²) in [6.45, 7) is 1.92. The molecule has 0 fully saturated rings. The van der Waals surface area contributed by atoms with Gasteiger partial charge in [0, 0.05) is 19.0 Å². The summed E-state index contributed by atoms with van der Waals surface area (Å²) >= 11 is 5.87. The summed E-state index contributed by atoms with van der Waals surface area (Å²) in [4.78, 5) is 13.5. The summed E-state index contributed by atoms with van der Waals surface area (Å²) in [7, 11) is 1.73. The van der Waals surface area contributed by atoms with Crippen LogP contribution in [0.15, 0.2) is 12.1 Å². The van der Waals surface area contributed by atoms with Gasteiger partial charge in [0.1, 0.15) is 5.75 Å². The molecule has 0 aliphatic carbocycles. The quantitative estimate of drug-likeness (QED) is 0.756.